The summed E-state index contributed by atoms with van der Waals surface area (Å²) in [5, 5.41) is 14.2. The lowest BCUT2D eigenvalue weighted by Crippen LogP contribution is -2.52. The van der Waals surface area contributed by atoms with E-state index in [1.807, 2.05) is 25.7 Å². The fourth-order valence-electron chi connectivity index (χ4n) is 2.71. The van der Waals surface area contributed by atoms with Gasteiger partial charge in [-0.1, -0.05) is 0 Å². The Bertz CT molecular complexity index is 561. The van der Waals surface area contributed by atoms with Gasteiger partial charge in [0.15, 0.2) is 0 Å². The summed E-state index contributed by atoms with van der Waals surface area (Å²) in [5.41, 5.74) is -0.0744. The predicted octanol–water partition coefficient (Wildman–Crippen LogP) is 1.74. The van der Waals surface area contributed by atoms with Gasteiger partial charge in [-0.15, -0.1) is 0 Å². The molecule has 0 amide bonds. The maximum absolute atomic E-state index is 11.4. The fraction of sp³-hybridized carbons (Fsp3) is 0.692. The summed E-state index contributed by atoms with van der Waals surface area (Å²) in [7, 11) is 1.69. The van der Waals surface area contributed by atoms with Crippen LogP contribution in [0.5, 0.6) is 0 Å². The number of hydrogen-bond donors (Lipinski definition) is 1. The zero-order valence-corrected chi connectivity index (χ0v) is 13.0. The van der Waals surface area contributed by atoms with Crippen LogP contribution in [0.15, 0.2) is 0 Å². The number of hydrogen-bond acceptors (Lipinski definition) is 7. The fourth-order valence-corrected chi connectivity index (χ4v) is 2.71. The summed E-state index contributed by atoms with van der Waals surface area (Å²) in [6, 6.07) is 0. The Morgan fingerprint density at radius 3 is 2.67 bits per heavy atom. The number of morpholine rings is 1. The lowest BCUT2D eigenvalue weighted by atomic mass is 10.1. The highest BCUT2D eigenvalue weighted by Gasteiger charge is 2.36. The summed E-state index contributed by atoms with van der Waals surface area (Å²) in [4.78, 5) is 21.3. The second-order valence-corrected chi connectivity index (χ2v) is 5.88. The Labute approximate surface area is 123 Å². The van der Waals surface area contributed by atoms with Crippen molar-refractivity contribution in [3.8, 4) is 0 Å². The second kappa shape index (κ2) is 5.44. The molecule has 2 rings (SSSR count). The third-order valence-electron chi connectivity index (χ3n) is 3.31. The van der Waals surface area contributed by atoms with Gasteiger partial charge in [-0.2, -0.15) is 4.98 Å². The van der Waals surface area contributed by atoms with E-state index >= 15 is 0 Å². The van der Waals surface area contributed by atoms with Crippen molar-refractivity contribution < 1.29 is 9.66 Å². The van der Waals surface area contributed by atoms with E-state index in [-0.39, 0.29) is 17.4 Å². The molecule has 8 heteroatoms. The number of aromatic nitrogens is 2. The van der Waals surface area contributed by atoms with Gasteiger partial charge in [0.25, 0.3) is 0 Å². The van der Waals surface area contributed by atoms with Crippen molar-refractivity contribution in [2.24, 2.45) is 0 Å². The van der Waals surface area contributed by atoms with Gasteiger partial charge in [-0.05, 0) is 27.7 Å². The molecule has 2 heterocycles. The first-order valence-electron chi connectivity index (χ1n) is 6.87. The zero-order valence-electron chi connectivity index (χ0n) is 13.0. The lowest BCUT2D eigenvalue weighted by Gasteiger charge is -2.42. The first-order valence-corrected chi connectivity index (χ1v) is 6.87. The molecule has 0 spiro atoms. The van der Waals surface area contributed by atoms with E-state index in [9.17, 15) is 10.1 Å². The van der Waals surface area contributed by atoms with Gasteiger partial charge < -0.3 is 15.0 Å². The monoisotopic (exact) mass is 295 g/mol. The van der Waals surface area contributed by atoms with Crippen molar-refractivity contribution in [2.45, 2.75) is 39.4 Å². The SMILES string of the molecule is CNc1nc(C)c([N+](=O)[O-])c(N2CC(C)OC(C)(C)C2)n1. The highest BCUT2D eigenvalue weighted by atomic mass is 16.6. The molecular weight excluding hydrogens is 274 g/mol. The number of nitrogens with one attached hydrogen (secondary N) is 1. The van der Waals surface area contributed by atoms with E-state index in [4.69, 9.17) is 4.74 Å². The minimum atomic E-state index is -0.419. The van der Waals surface area contributed by atoms with Crippen LogP contribution in [0.3, 0.4) is 0 Å². The van der Waals surface area contributed by atoms with Crippen LogP contribution in [0.1, 0.15) is 26.5 Å². The molecule has 0 aliphatic carbocycles. The summed E-state index contributed by atoms with van der Waals surface area (Å²) in [5.74, 6) is 0.727. The maximum Gasteiger partial charge on any atom is 0.332 e. The maximum atomic E-state index is 11.4. The molecule has 0 bridgehead atoms. The van der Waals surface area contributed by atoms with Gasteiger partial charge in [0.1, 0.15) is 5.69 Å². The first kappa shape index (κ1) is 15.4. The number of aryl methyl sites for hydroxylation is 1. The van der Waals surface area contributed by atoms with Gasteiger partial charge in [0.2, 0.25) is 11.8 Å². The quantitative estimate of drug-likeness (QED) is 0.670. The number of nitrogens with zero attached hydrogens (tertiary/aromatic N) is 4. The smallest absolute Gasteiger partial charge is 0.332 e. The molecule has 1 atom stereocenters. The van der Waals surface area contributed by atoms with Crippen LogP contribution in [-0.4, -0.2) is 46.7 Å². The molecule has 1 saturated heterocycles. The summed E-state index contributed by atoms with van der Waals surface area (Å²) in [6.07, 6.45) is -0.0262. The Balaban J connectivity index is 2.50. The van der Waals surface area contributed by atoms with E-state index in [1.54, 1.807) is 14.0 Å². The van der Waals surface area contributed by atoms with Crippen molar-refractivity contribution in [1.29, 1.82) is 0 Å². The van der Waals surface area contributed by atoms with Crippen LogP contribution in [0.2, 0.25) is 0 Å². The molecule has 21 heavy (non-hydrogen) atoms. The molecule has 0 saturated carbocycles. The number of nitro groups is 1. The highest BCUT2D eigenvalue weighted by Crippen LogP contribution is 2.33. The molecule has 1 unspecified atom stereocenters. The lowest BCUT2D eigenvalue weighted by molar-refractivity contribution is -0.385. The molecule has 1 aliphatic rings. The van der Waals surface area contributed by atoms with Gasteiger partial charge in [0, 0.05) is 20.1 Å². The van der Waals surface area contributed by atoms with Crippen LogP contribution >= 0.6 is 0 Å². The second-order valence-electron chi connectivity index (χ2n) is 5.88. The average Bonchev–Trinajstić information content (AvgIpc) is 2.34. The number of rotatable bonds is 3. The third-order valence-corrected chi connectivity index (χ3v) is 3.31. The van der Waals surface area contributed by atoms with E-state index in [0.29, 0.717) is 30.5 Å². The third kappa shape index (κ3) is 3.21. The van der Waals surface area contributed by atoms with Gasteiger partial charge in [-0.25, -0.2) is 4.98 Å². The Morgan fingerprint density at radius 2 is 2.14 bits per heavy atom. The summed E-state index contributed by atoms with van der Waals surface area (Å²) in [6.45, 7) is 8.61. The van der Waals surface area contributed by atoms with Crippen molar-refractivity contribution in [3.63, 3.8) is 0 Å². The van der Waals surface area contributed by atoms with Crippen molar-refractivity contribution in [3.05, 3.63) is 15.8 Å². The predicted molar refractivity (Wildman–Crippen MR) is 79.8 cm³/mol. The van der Waals surface area contributed by atoms with Crippen LogP contribution in [0.4, 0.5) is 17.5 Å². The largest absolute Gasteiger partial charge is 0.369 e. The summed E-state index contributed by atoms with van der Waals surface area (Å²) >= 11 is 0. The van der Waals surface area contributed by atoms with Gasteiger partial charge in [-0.3, -0.25) is 10.1 Å². The molecular formula is C13H21N5O3. The minimum absolute atomic E-state index is 0.0262. The zero-order chi connectivity index (χ0) is 15.8. The van der Waals surface area contributed by atoms with Gasteiger partial charge >= 0.3 is 5.69 Å². The van der Waals surface area contributed by atoms with Crippen molar-refractivity contribution >= 4 is 17.5 Å². The normalized spacial score (nSPS) is 21.2. The van der Waals surface area contributed by atoms with Crippen molar-refractivity contribution in [2.75, 3.05) is 30.4 Å². The molecule has 116 valence electrons. The molecule has 0 radical (unpaired) electrons. The Morgan fingerprint density at radius 1 is 1.48 bits per heavy atom. The Kier molecular flexibility index (Phi) is 3.99. The molecule has 1 aromatic rings. The Hall–Kier alpha value is -1.96. The van der Waals surface area contributed by atoms with Gasteiger partial charge in [0.05, 0.1) is 16.6 Å². The summed E-state index contributed by atoms with van der Waals surface area (Å²) < 4.78 is 5.84. The van der Waals surface area contributed by atoms with Crippen LogP contribution in [-0.2, 0) is 4.74 Å². The van der Waals surface area contributed by atoms with E-state index in [2.05, 4.69) is 15.3 Å². The van der Waals surface area contributed by atoms with Crippen molar-refractivity contribution in [1.82, 2.24) is 9.97 Å². The molecule has 8 nitrogen and oxygen atoms in total. The average molecular weight is 295 g/mol. The van der Waals surface area contributed by atoms with E-state index in [1.165, 1.54) is 0 Å². The molecule has 1 aliphatic heterocycles. The first-order chi connectivity index (χ1) is 9.73. The number of anilines is 2. The molecule has 1 N–H and O–H groups in total. The van der Waals surface area contributed by atoms with Crippen LogP contribution < -0.4 is 10.2 Å². The minimum Gasteiger partial charge on any atom is -0.369 e. The standard InChI is InChI=1S/C13H21N5O3/c1-8-6-17(7-13(3,4)21-8)11-10(18(19)20)9(2)15-12(14-5)16-11/h8H,6-7H2,1-5H3,(H,14,15,16). The molecule has 1 fully saturated rings. The van der Waals surface area contributed by atoms with E-state index in [0.717, 1.165) is 0 Å². The highest BCUT2D eigenvalue weighted by molar-refractivity contribution is 5.62. The molecule has 1 aromatic heterocycles. The van der Waals surface area contributed by atoms with E-state index < -0.39 is 4.92 Å². The molecule has 0 aromatic carbocycles. The topological polar surface area (TPSA) is 93.4 Å². The van der Waals surface area contributed by atoms with Crippen LogP contribution in [0.25, 0.3) is 0 Å². The number of ether oxygens (including phenoxy) is 1. The van der Waals surface area contributed by atoms with Crippen LogP contribution in [0, 0.1) is 17.0 Å².